The lowest BCUT2D eigenvalue weighted by Gasteiger charge is -2.28. The van der Waals surface area contributed by atoms with E-state index in [0.717, 1.165) is 41.5 Å². The molecule has 1 N–H and O–H groups in total. The van der Waals surface area contributed by atoms with Gasteiger partial charge in [0, 0.05) is 16.9 Å². The lowest BCUT2D eigenvalue weighted by atomic mass is 9.88. The van der Waals surface area contributed by atoms with Crippen LogP contribution in [0.25, 0.3) is 11.1 Å². The number of hydrogen-bond donors (Lipinski definition) is 1. The van der Waals surface area contributed by atoms with Crippen LogP contribution in [0.2, 0.25) is 0 Å². The van der Waals surface area contributed by atoms with E-state index in [2.05, 4.69) is 11.3 Å². The van der Waals surface area contributed by atoms with Gasteiger partial charge in [-0.15, -0.1) is 11.3 Å². The summed E-state index contributed by atoms with van der Waals surface area (Å²) in [6.45, 7) is 14.6. The lowest BCUT2D eigenvalue weighted by Crippen LogP contribution is -2.42. The molecule has 0 bridgehead atoms. The molecule has 0 spiro atoms. The third-order valence-corrected chi connectivity index (χ3v) is 7.53. The summed E-state index contributed by atoms with van der Waals surface area (Å²) < 4.78 is 50.3. The van der Waals surface area contributed by atoms with Crippen LogP contribution >= 0.6 is 0 Å². The van der Waals surface area contributed by atoms with Crippen molar-refractivity contribution < 1.29 is 22.9 Å². The second-order valence-corrected chi connectivity index (χ2v) is 12.0. The summed E-state index contributed by atoms with van der Waals surface area (Å²) in [6, 6.07) is 5.59. The van der Waals surface area contributed by atoms with Gasteiger partial charge in [-0.05, 0) is 119 Å². The number of nitrogens with one attached hydrogen (secondary N) is 1. The first-order valence-electron chi connectivity index (χ1n) is 12.4. The number of rotatable bonds is 12. The topological polar surface area (TPSA) is 61.4 Å². The lowest BCUT2D eigenvalue weighted by molar-refractivity contribution is -0.143. The highest BCUT2D eigenvalue weighted by atomic mass is 32.2. The van der Waals surface area contributed by atoms with Crippen molar-refractivity contribution in [3.05, 3.63) is 70.8 Å². The van der Waals surface area contributed by atoms with Gasteiger partial charge in [-0.25, -0.2) is 8.78 Å². The predicted molar refractivity (Wildman–Crippen MR) is 144 cm³/mol. The number of halogens is 2. The third kappa shape index (κ3) is 8.15. The van der Waals surface area contributed by atoms with Crippen LogP contribution in [-0.4, -0.2) is 21.9 Å². The summed E-state index contributed by atoms with van der Waals surface area (Å²) in [7, 11) is 0. The van der Waals surface area contributed by atoms with Gasteiger partial charge < -0.3 is 9.29 Å². The van der Waals surface area contributed by atoms with E-state index in [9.17, 15) is 13.7 Å². The molecule has 0 aliphatic rings. The highest BCUT2D eigenvalue weighted by molar-refractivity contribution is 7.90. The summed E-state index contributed by atoms with van der Waals surface area (Å²) in [5, 5.41) is 0. The molecule has 0 saturated heterocycles. The van der Waals surface area contributed by atoms with Crippen molar-refractivity contribution in [1.29, 1.82) is 0 Å². The average Bonchev–Trinajstić information content (AvgIpc) is 2.77. The average molecular weight is 520 g/mol. The fraction of sp³-hybridized carbons (Fsp3) is 0.483. The van der Waals surface area contributed by atoms with Crippen LogP contribution in [0, 0.1) is 25.5 Å². The molecule has 0 heterocycles. The molecule has 2 atom stereocenters. The van der Waals surface area contributed by atoms with E-state index < -0.39 is 33.9 Å². The molecule has 1 unspecified atom stereocenters. The predicted octanol–water partition coefficient (Wildman–Crippen LogP) is 7.19. The molecule has 0 aliphatic carbocycles. The van der Waals surface area contributed by atoms with E-state index in [4.69, 9.17) is 4.74 Å². The van der Waals surface area contributed by atoms with Crippen LogP contribution in [0.1, 0.15) is 81.7 Å². The van der Waals surface area contributed by atoms with Crippen molar-refractivity contribution in [3.8, 4) is 11.1 Å². The molecule has 7 heteroatoms. The van der Waals surface area contributed by atoms with E-state index >= 15 is 4.39 Å². The highest BCUT2D eigenvalue weighted by Crippen LogP contribution is 2.35. The van der Waals surface area contributed by atoms with Crippen molar-refractivity contribution in [1.82, 2.24) is 4.72 Å². The number of esters is 1. The molecule has 0 amide bonds. The Balaban J connectivity index is 2.61. The van der Waals surface area contributed by atoms with E-state index in [1.165, 1.54) is 12.1 Å². The van der Waals surface area contributed by atoms with Gasteiger partial charge in [-0.2, -0.15) is 0 Å². The fourth-order valence-electron chi connectivity index (χ4n) is 4.13. The second-order valence-electron chi connectivity index (χ2n) is 10.0. The maximum absolute atomic E-state index is 15.5. The van der Waals surface area contributed by atoms with Gasteiger partial charge in [0.2, 0.25) is 0 Å². The Morgan fingerprint density at radius 2 is 1.86 bits per heavy atom. The van der Waals surface area contributed by atoms with Crippen molar-refractivity contribution in [3.63, 3.8) is 0 Å². The van der Waals surface area contributed by atoms with Crippen LogP contribution in [-0.2, 0) is 27.3 Å². The van der Waals surface area contributed by atoms with E-state index in [1.807, 2.05) is 13.0 Å². The molecule has 36 heavy (non-hydrogen) atoms. The van der Waals surface area contributed by atoms with Crippen LogP contribution < -0.4 is 4.72 Å². The Hall–Kier alpha value is -2.22. The number of aryl methyl sites for hydroxylation is 3. The third-order valence-electron chi connectivity index (χ3n) is 5.91. The van der Waals surface area contributed by atoms with Crippen LogP contribution in [0.4, 0.5) is 8.78 Å². The van der Waals surface area contributed by atoms with Crippen LogP contribution in [0.5, 0.6) is 0 Å². The van der Waals surface area contributed by atoms with Gasteiger partial charge in [0.1, 0.15) is 16.4 Å². The summed E-state index contributed by atoms with van der Waals surface area (Å²) in [6.07, 6.45) is 5.06. The maximum atomic E-state index is 15.5. The number of unbranched alkanes of at least 4 members (excludes halogenated alkanes) is 2. The van der Waals surface area contributed by atoms with E-state index in [1.54, 1.807) is 46.8 Å². The molecule has 0 aliphatic heterocycles. The number of hydrogen-bond acceptors (Lipinski definition) is 4. The number of ether oxygens (including phenoxy) is 1. The van der Waals surface area contributed by atoms with Crippen LogP contribution in [0.3, 0.4) is 0 Å². The van der Waals surface area contributed by atoms with Gasteiger partial charge in [-0.1, -0.05) is 6.08 Å². The summed E-state index contributed by atoms with van der Waals surface area (Å²) in [5.41, 5.74) is 3.81. The molecule has 2 aromatic carbocycles. The molecular weight excluding hydrogens is 480 g/mol. The van der Waals surface area contributed by atoms with Gasteiger partial charge in [0.15, 0.2) is 0 Å². The first-order valence-corrected chi connectivity index (χ1v) is 13.6. The quantitative estimate of drug-likeness (QED) is 0.139. The Morgan fingerprint density at radius 3 is 2.47 bits per heavy atom. The first-order chi connectivity index (χ1) is 16.9. The minimum atomic E-state index is -1.55. The molecule has 0 saturated carbocycles. The monoisotopic (exact) mass is 519 g/mol. The Bertz CT molecular complexity index is 1070. The molecule has 0 fully saturated rings. The van der Waals surface area contributed by atoms with Gasteiger partial charge >= 0.3 is 5.97 Å². The van der Waals surface area contributed by atoms with Crippen molar-refractivity contribution >= 4 is 17.3 Å². The van der Waals surface area contributed by atoms with Crippen molar-refractivity contribution in [2.75, 3.05) is 6.61 Å². The molecule has 2 rings (SSSR count). The smallest absolute Gasteiger partial charge is 0.307 e. The second kappa shape index (κ2) is 13.4. The Kier molecular flexibility index (Phi) is 11.1. The first kappa shape index (κ1) is 30.0. The molecule has 4 nitrogen and oxygen atoms in total. The minimum Gasteiger partial charge on any atom is -0.598 e. The number of carbonyl (C=O) groups excluding carboxylic acids is 1. The van der Waals surface area contributed by atoms with Crippen molar-refractivity contribution in [2.24, 2.45) is 0 Å². The normalized spacial score (nSPS) is 13.4. The fourth-order valence-corrected chi connectivity index (χ4v) is 4.95. The number of benzene rings is 2. The number of allylic oxidation sites excluding steroid dienone is 1. The van der Waals surface area contributed by atoms with Crippen LogP contribution in [0.15, 0.2) is 36.9 Å². The zero-order valence-electron chi connectivity index (χ0n) is 22.3. The minimum absolute atomic E-state index is 0.174. The van der Waals surface area contributed by atoms with E-state index in [-0.39, 0.29) is 24.4 Å². The largest absolute Gasteiger partial charge is 0.598 e. The zero-order valence-corrected chi connectivity index (χ0v) is 23.1. The summed E-state index contributed by atoms with van der Waals surface area (Å²) >= 11 is -1.55. The Labute approximate surface area is 217 Å². The van der Waals surface area contributed by atoms with Gasteiger partial charge in [0.25, 0.3) is 0 Å². The standard InChI is InChI=1S/C29H39F2NO3S/c1-8-10-11-12-13-21-16-23(30)15-19(3)27(21)22-14-20(4)28(31)24(17-22)25(18-26(33)35-9-2)32-36(34)29(5,6)7/h8,14-17,25,32H,1,9-13,18H2,2-7H3/t25-,36?/m0/s1. The SMILES string of the molecule is C=CCCCCc1cc(F)cc(C)c1-c1cc(C)c(F)c([C@H](CC(=O)OCC)N[S+]([O-])C(C)(C)C)c1. The molecule has 2 aromatic rings. The zero-order chi connectivity index (χ0) is 27.0. The Morgan fingerprint density at radius 1 is 1.17 bits per heavy atom. The van der Waals surface area contributed by atoms with Crippen molar-refractivity contribution in [2.45, 2.75) is 84.4 Å². The van der Waals surface area contributed by atoms with Gasteiger partial charge in [0.05, 0.1) is 19.1 Å². The van der Waals surface area contributed by atoms with E-state index in [0.29, 0.717) is 12.0 Å². The highest BCUT2D eigenvalue weighted by Gasteiger charge is 2.33. The molecule has 198 valence electrons. The summed E-state index contributed by atoms with van der Waals surface area (Å²) in [4.78, 5) is 12.4. The maximum Gasteiger partial charge on any atom is 0.307 e. The van der Waals surface area contributed by atoms with Gasteiger partial charge in [-0.3, -0.25) is 4.79 Å². The molecule has 0 radical (unpaired) electrons. The molecular formula is C29H39F2NO3S. The molecule has 0 aromatic heterocycles. The number of carbonyl (C=O) groups is 1. The summed E-state index contributed by atoms with van der Waals surface area (Å²) in [5.74, 6) is -1.29.